The van der Waals surface area contributed by atoms with E-state index in [2.05, 4.69) is 16.9 Å². The van der Waals surface area contributed by atoms with Crippen LogP contribution >= 0.6 is 0 Å². The van der Waals surface area contributed by atoms with E-state index < -0.39 is 0 Å². The molecule has 2 heterocycles. The highest BCUT2D eigenvalue weighted by Gasteiger charge is 2.26. The average Bonchev–Trinajstić information content (AvgIpc) is 3.26. The zero-order valence-electron chi connectivity index (χ0n) is 19.9. The van der Waals surface area contributed by atoms with Crippen LogP contribution in [0.1, 0.15) is 27.0 Å². The maximum atomic E-state index is 15.7. The summed E-state index contributed by atoms with van der Waals surface area (Å²) in [5.74, 6) is -0.549. The van der Waals surface area contributed by atoms with E-state index in [1.54, 1.807) is 25.1 Å². The molecule has 1 amide bonds. The number of likely N-dealkylation sites (N-methyl/N-ethyl adjacent to an activating group) is 1. The summed E-state index contributed by atoms with van der Waals surface area (Å²) in [6, 6.07) is 14.3. The molecule has 0 saturated carbocycles. The number of amides is 1. The highest BCUT2D eigenvalue weighted by molar-refractivity contribution is 5.98. The molecular formula is C29H27F2N3O. The highest BCUT2D eigenvalue weighted by Crippen LogP contribution is 2.40. The van der Waals surface area contributed by atoms with Crippen LogP contribution in [0.3, 0.4) is 0 Å². The van der Waals surface area contributed by atoms with Crippen LogP contribution in [0.5, 0.6) is 0 Å². The van der Waals surface area contributed by atoms with Gasteiger partial charge in [-0.1, -0.05) is 24.3 Å². The molecule has 1 aliphatic carbocycles. The van der Waals surface area contributed by atoms with Gasteiger partial charge in [0.1, 0.15) is 5.82 Å². The molecular weight excluding hydrogens is 444 g/mol. The molecule has 4 aromatic rings. The molecule has 1 aliphatic heterocycles. The number of nitrogens with one attached hydrogen (secondary N) is 1. The first-order chi connectivity index (χ1) is 16.9. The first-order valence-corrected chi connectivity index (χ1v) is 12.1. The summed E-state index contributed by atoms with van der Waals surface area (Å²) in [6.07, 6.45) is 1.59. The Morgan fingerprint density at radius 2 is 1.69 bits per heavy atom. The fourth-order valence-corrected chi connectivity index (χ4v) is 5.44. The number of nitrogens with zero attached hydrogens (tertiary/aromatic N) is 2. The molecule has 1 N–H and O–H groups in total. The second kappa shape index (κ2) is 8.31. The van der Waals surface area contributed by atoms with Crippen LogP contribution in [0.2, 0.25) is 0 Å². The fraction of sp³-hybridized carbons (Fsp3) is 0.276. The van der Waals surface area contributed by atoms with Gasteiger partial charge in [0.2, 0.25) is 0 Å². The maximum absolute atomic E-state index is 15.7. The predicted octanol–water partition coefficient (Wildman–Crippen LogP) is 5.57. The van der Waals surface area contributed by atoms with Crippen LogP contribution in [-0.4, -0.2) is 53.9 Å². The molecule has 35 heavy (non-hydrogen) atoms. The molecule has 6 rings (SSSR count). The van der Waals surface area contributed by atoms with E-state index in [4.69, 9.17) is 0 Å². The first kappa shape index (κ1) is 22.0. The van der Waals surface area contributed by atoms with Crippen molar-refractivity contribution in [3.63, 3.8) is 0 Å². The average molecular weight is 472 g/mol. The molecule has 3 aromatic carbocycles. The number of benzene rings is 3. The summed E-state index contributed by atoms with van der Waals surface area (Å²) in [4.78, 5) is 20.6. The van der Waals surface area contributed by atoms with Crippen molar-refractivity contribution in [2.75, 3.05) is 33.2 Å². The molecule has 0 bridgehead atoms. The van der Waals surface area contributed by atoms with Crippen molar-refractivity contribution in [2.24, 2.45) is 0 Å². The predicted molar refractivity (Wildman–Crippen MR) is 135 cm³/mol. The standard InChI is InChI=1S/C29H27F2N3O/c1-17-15-18(5-10-25(17)30)21-8-9-24-23-7-3-19-16-20(29(35)34-13-11-33(2)12-14-34)4-6-22(19)27(23)32-28(24)26(21)31/h4-6,8-10,15-16,32H,3,7,11-14H2,1-2H3. The van der Waals surface area contributed by atoms with Gasteiger partial charge in [-0.25, -0.2) is 8.78 Å². The molecule has 178 valence electrons. The van der Waals surface area contributed by atoms with Gasteiger partial charge in [-0.2, -0.15) is 0 Å². The zero-order valence-corrected chi connectivity index (χ0v) is 19.9. The van der Waals surface area contributed by atoms with Crippen molar-refractivity contribution >= 4 is 16.8 Å². The van der Waals surface area contributed by atoms with Gasteiger partial charge in [-0.05, 0) is 73.3 Å². The number of fused-ring (bicyclic) bond motifs is 5. The van der Waals surface area contributed by atoms with Crippen molar-refractivity contribution in [3.05, 3.63) is 82.4 Å². The Morgan fingerprint density at radius 1 is 0.914 bits per heavy atom. The third kappa shape index (κ3) is 3.64. The minimum absolute atomic E-state index is 0.0774. The van der Waals surface area contributed by atoms with E-state index in [1.807, 2.05) is 29.2 Å². The molecule has 1 aromatic heterocycles. The minimum Gasteiger partial charge on any atom is -0.352 e. The number of carbonyl (C=O) groups excluding carboxylic acids is 1. The fourth-order valence-electron chi connectivity index (χ4n) is 5.44. The van der Waals surface area contributed by atoms with E-state index in [1.165, 1.54) is 6.07 Å². The molecule has 1 saturated heterocycles. The van der Waals surface area contributed by atoms with Gasteiger partial charge in [0.05, 0.1) is 11.2 Å². The first-order valence-electron chi connectivity index (χ1n) is 12.1. The van der Waals surface area contributed by atoms with Crippen molar-refractivity contribution in [3.8, 4) is 22.4 Å². The third-order valence-corrected chi connectivity index (χ3v) is 7.54. The monoisotopic (exact) mass is 471 g/mol. The number of hydrogen-bond donors (Lipinski definition) is 1. The Labute approximate surface area is 203 Å². The number of aryl methyl sites for hydroxylation is 3. The topological polar surface area (TPSA) is 39.3 Å². The van der Waals surface area contributed by atoms with Crippen LogP contribution in [0.25, 0.3) is 33.3 Å². The normalized spacial score (nSPS) is 15.8. The molecule has 6 heteroatoms. The molecule has 0 unspecified atom stereocenters. The summed E-state index contributed by atoms with van der Waals surface area (Å²) in [6.45, 7) is 4.95. The number of carbonyl (C=O) groups is 1. The summed E-state index contributed by atoms with van der Waals surface area (Å²) in [7, 11) is 2.07. The van der Waals surface area contributed by atoms with E-state index in [-0.39, 0.29) is 17.5 Å². The largest absolute Gasteiger partial charge is 0.352 e. The Hall–Kier alpha value is -3.51. The number of rotatable bonds is 2. The van der Waals surface area contributed by atoms with Gasteiger partial charge >= 0.3 is 0 Å². The van der Waals surface area contributed by atoms with Crippen molar-refractivity contribution < 1.29 is 13.6 Å². The summed E-state index contributed by atoms with van der Waals surface area (Å²) < 4.78 is 29.4. The van der Waals surface area contributed by atoms with Crippen LogP contribution in [0.15, 0.2) is 48.5 Å². The minimum atomic E-state index is -0.327. The van der Waals surface area contributed by atoms with Gasteiger partial charge in [0.25, 0.3) is 5.91 Å². The van der Waals surface area contributed by atoms with E-state index in [9.17, 15) is 9.18 Å². The SMILES string of the molecule is Cc1cc(-c2ccc3c4c([nH]c3c2F)-c2ccc(C(=O)N3CCN(C)CC3)cc2CC4)ccc1F. The molecule has 0 radical (unpaired) electrons. The molecule has 2 aliphatic rings. The lowest BCUT2D eigenvalue weighted by molar-refractivity contribution is 0.0664. The van der Waals surface area contributed by atoms with Crippen LogP contribution in [0.4, 0.5) is 8.78 Å². The van der Waals surface area contributed by atoms with Gasteiger partial charge in [0, 0.05) is 48.3 Å². The quantitative estimate of drug-likeness (QED) is 0.415. The number of halogens is 2. The van der Waals surface area contributed by atoms with Gasteiger partial charge in [0.15, 0.2) is 5.82 Å². The van der Waals surface area contributed by atoms with Crippen molar-refractivity contribution in [2.45, 2.75) is 19.8 Å². The Morgan fingerprint density at radius 3 is 2.46 bits per heavy atom. The van der Waals surface area contributed by atoms with E-state index in [0.29, 0.717) is 27.8 Å². The Bertz CT molecular complexity index is 1480. The van der Waals surface area contributed by atoms with E-state index >= 15 is 4.39 Å². The second-order valence-corrected chi connectivity index (χ2v) is 9.76. The third-order valence-electron chi connectivity index (χ3n) is 7.54. The van der Waals surface area contributed by atoms with Gasteiger partial charge < -0.3 is 14.8 Å². The Kier molecular flexibility index (Phi) is 5.22. The number of hydrogen-bond acceptors (Lipinski definition) is 2. The van der Waals surface area contributed by atoms with Crippen LogP contribution in [-0.2, 0) is 12.8 Å². The smallest absolute Gasteiger partial charge is 0.253 e. The lowest BCUT2D eigenvalue weighted by Gasteiger charge is -2.32. The van der Waals surface area contributed by atoms with Gasteiger partial charge in [-0.15, -0.1) is 0 Å². The molecule has 0 atom stereocenters. The summed E-state index contributed by atoms with van der Waals surface area (Å²) >= 11 is 0. The Balaban J connectivity index is 1.37. The lowest BCUT2D eigenvalue weighted by Crippen LogP contribution is -2.47. The number of piperazine rings is 1. The summed E-state index contributed by atoms with van der Waals surface area (Å²) in [5.41, 5.74) is 6.94. The van der Waals surface area contributed by atoms with Gasteiger partial charge in [-0.3, -0.25) is 4.79 Å². The van der Waals surface area contributed by atoms with Crippen molar-refractivity contribution in [1.29, 1.82) is 0 Å². The number of H-pyrrole nitrogens is 1. The molecule has 0 spiro atoms. The van der Waals surface area contributed by atoms with Crippen LogP contribution in [0, 0.1) is 18.6 Å². The second-order valence-electron chi connectivity index (χ2n) is 9.76. The number of aromatic nitrogens is 1. The molecule has 4 nitrogen and oxygen atoms in total. The van der Waals surface area contributed by atoms with E-state index in [0.717, 1.165) is 66.8 Å². The van der Waals surface area contributed by atoms with Crippen molar-refractivity contribution in [1.82, 2.24) is 14.8 Å². The highest BCUT2D eigenvalue weighted by atomic mass is 19.1. The lowest BCUT2D eigenvalue weighted by atomic mass is 9.87. The number of aromatic amines is 1. The van der Waals surface area contributed by atoms with Crippen LogP contribution < -0.4 is 0 Å². The molecule has 1 fully saturated rings. The zero-order chi connectivity index (χ0) is 24.3. The maximum Gasteiger partial charge on any atom is 0.253 e. The summed E-state index contributed by atoms with van der Waals surface area (Å²) in [5, 5.41) is 0.878.